The molecule has 2 N–H and O–H groups in total. The van der Waals surface area contributed by atoms with Gasteiger partial charge in [-0.15, -0.1) is 11.8 Å². The maximum Gasteiger partial charge on any atom is 0.255 e. The standard InChI is InChI=1S/C25H25FN2O2S/c1-4-23(25(30)28-21-13-16(2)12-17(3)14-21)31-22-7-5-6-20(15-22)27-24(29)18-8-10-19(26)11-9-18/h5-15,23H,4H2,1-3H3,(H,27,29)(H,28,30). The molecule has 3 aromatic carbocycles. The molecular formula is C25H25FN2O2S. The summed E-state index contributed by atoms with van der Waals surface area (Å²) in [5.41, 5.74) is 3.98. The van der Waals surface area contributed by atoms with E-state index in [4.69, 9.17) is 0 Å². The molecule has 4 nitrogen and oxygen atoms in total. The first-order valence-corrected chi connectivity index (χ1v) is 10.9. The lowest BCUT2D eigenvalue weighted by Gasteiger charge is -2.16. The predicted octanol–water partition coefficient (Wildman–Crippen LogP) is 6.20. The maximum atomic E-state index is 13.1. The van der Waals surface area contributed by atoms with E-state index in [1.807, 2.05) is 51.1 Å². The highest BCUT2D eigenvalue weighted by Crippen LogP contribution is 2.29. The van der Waals surface area contributed by atoms with Crippen LogP contribution in [-0.4, -0.2) is 17.1 Å². The topological polar surface area (TPSA) is 58.2 Å². The number of benzene rings is 3. The molecule has 0 fully saturated rings. The Morgan fingerprint density at radius 2 is 1.58 bits per heavy atom. The van der Waals surface area contributed by atoms with Crippen molar-refractivity contribution >= 4 is 35.0 Å². The van der Waals surface area contributed by atoms with Gasteiger partial charge in [0.1, 0.15) is 5.82 Å². The summed E-state index contributed by atoms with van der Waals surface area (Å²) in [6.07, 6.45) is 0.660. The molecular weight excluding hydrogens is 411 g/mol. The second kappa shape index (κ2) is 10.3. The second-order valence-corrected chi connectivity index (χ2v) is 8.65. The molecule has 0 saturated heterocycles. The fourth-order valence-electron chi connectivity index (χ4n) is 3.21. The second-order valence-electron chi connectivity index (χ2n) is 7.37. The first-order valence-electron chi connectivity index (χ1n) is 10.1. The molecule has 0 radical (unpaired) electrons. The zero-order valence-corrected chi connectivity index (χ0v) is 18.6. The Labute approximate surface area is 186 Å². The lowest BCUT2D eigenvalue weighted by atomic mass is 10.1. The monoisotopic (exact) mass is 436 g/mol. The lowest BCUT2D eigenvalue weighted by Crippen LogP contribution is -2.24. The number of rotatable bonds is 7. The molecule has 3 aromatic rings. The van der Waals surface area contributed by atoms with Crippen molar-refractivity contribution in [2.45, 2.75) is 37.3 Å². The van der Waals surface area contributed by atoms with Gasteiger partial charge in [0, 0.05) is 21.8 Å². The van der Waals surface area contributed by atoms with Gasteiger partial charge in [0.15, 0.2) is 0 Å². The van der Waals surface area contributed by atoms with Crippen molar-refractivity contribution in [3.63, 3.8) is 0 Å². The van der Waals surface area contributed by atoms with Crippen molar-refractivity contribution in [3.05, 3.63) is 89.2 Å². The Kier molecular flexibility index (Phi) is 7.47. The van der Waals surface area contributed by atoms with Gasteiger partial charge >= 0.3 is 0 Å². The molecule has 0 aromatic heterocycles. The quantitative estimate of drug-likeness (QED) is 0.433. The third kappa shape index (κ3) is 6.43. The van der Waals surface area contributed by atoms with Crippen molar-refractivity contribution in [1.29, 1.82) is 0 Å². The van der Waals surface area contributed by atoms with E-state index in [0.29, 0.717) is 17.7 Å². The minimum atomic E-state index is -0.389. The molecule has 1 atom stereocenters. The van der Waals surface area contributed by atoms with Gasteiger partial charge in [-0.1, -0.05) is 19.1 Å². The number of hydrogen-bond acceptors (Lipinski definition) is 3. The summed E-state index contributed by atoms with van der Waals surface area (Å²) in [5, 5.41) is 5.55. The van der Waals surface area contributed by atoms with Crippen LogP contribution in [0.25, 0.3) is 0 Å². The summed E-state index contributed by atoms with van der Waals surface area (Å²) in [7, 11) is 0. The number of carbonyl (C=O) groups is 2. The first-order chi connectivity index (χ1) is 14.8. The van der Waals surface area contributed by atoms with Crippen LogP contribution in [0.5, 0.6) is 0 Å². The molecule has 160 valence electrons. The van der Waals surface area contributed by atoms with Crippen LogP contribution < -0.4 is 10.6 Å². The van der Waals surface area contributed by atoms with Gasteiger partial charge in [0.05, 0.1) is 5.25 Å². The van der Waals surface area contributed by atoms with E-state index in [0.717, 1.165) is 21.7 Å². The Morgan fingerprint density at radius 1 is 0.903 bits per heavy atom. The van der Waals surface area contributed by atoms with E-state index in [2.05, 4.69) is 16.7 Å². The number of halogens is 1. The van der Waals surface area contributed by atoms with Gasteiger partial charge in [-0.25, -0.2) is 4.39 Å². The number of aryl methyl sites for hydroxylation is 2. The van der Waals surface area contributed by atoms with Crippen LogP contribution in [0.4, 0.5) is 15.8 Å². The van der Waals surface area contributed by atoms with E-state index in [1.54, 1.807) is 6.07 Å². The molecule has 1 unspecified atom stereocenters. The fourth-order valence-corrected chi connectivity index (χ4v) is 4.22. The van der Waals surface area contributed by atoms with E-state index in [-0.39, 0.29) is 22.9 Å². The first kappa shape index (κ1) is 22.6. The van der Waals surface area contributed by atoms with Crippen molar-refractivity contribution in [1.82, 2.24) is 0 Å². The molecule has 6 heteroatoms. The van der Waals surface area contributed by atoms with Crippen LogP contribution in [-0.2, 0) is 4.79 Å². The number of hydrogen-bond donors (Lipinski definition) is 2. The molecule has 0 aliphatic heterocycles. The van der Waals surface area contributed by atoms with Gasteiger partial charge in [-0.05, 0) is 86.0 Å². The minimum absolute atomic E-state index is 0.0572. The smallest absolute Gasteiger partial charge is 0.255 e. The summed E-state index contributed by atoms with van der Waals surface area (Å²) in [6.45, 7) is 5.97. The molecule has 2 amide bonds. The van der Waals surface area contributed by atoms with Crippen LogP contribution in [0.2, 0.25) is 0 Å². The molecule has 0 heterocycles. The summed E-state index contributed by atoms with van der Waals surface area (Å²) in [6, 6.07) is 18.7. The Morgan fingerprint density at radius 3 is 2.23 bits per heavy atom. The SMILES string of the molecule is CCC(Sc1cccc(NC(=O)c2ccc(F)cc2)c1)C(=O)Nc1cc(C)cc(C)c1. The number of amides is 2. The average molecular weight is 437 g/mol. The van der Waals surface area contributed by atoms with Gasteiger partial charge < -0.3 is 10.6 Å². The molecule has 31 heavy (non-hydrogen) atoms. The molecule has 0 spiro atoms. The van der Waals surface area contributed by atoms with Gasteiger partial charge in [0.2, 0.25) is 5.91 Å². The molecule has 3 rings (SSSR count). The molecule has 0 bridgehead atoms. The number of carbonyl (C=O) groups excluding carboxylic acids is 2. The normalized spacial score (nSPS) is 11.6. The maximum absolute atomic E-state index is 13.1. The van der Waals surface area contributed by atoms with Crippen molar-refractivity contribution in [2.75, 3.05) is 10.6 Å². The predicted molar refractivity (Wildman–Crippen MR) is 125 cm³/mol. The number of nitrogens with one attached hydrogen (secondary N) is 2. The van der Waals surface area contributed by atoms with Gasteiger partial charge in [0.25, 0.3) is 5.91 Å². The van der Waals surface area contributed by atoms with E-state index in [1.165, 1.54) is 36.0 Å². The van der Waals surface area contributed by atoms with E-state index in [9.17, 15) is 14.0 Å². The highest BCUT2D eigenvalue weighted by Gasteiger charge is 2.19. The Balaban J connectivity index is 1.67. The molecule has 0 aliphatic carbocycles. The minimum Gasteiger partial charge on any atom is -0.325 e. The number of anilines is 2. The van der Waals surface area contributed by atoms with E-state index < -0.39 is 0 Å². The van der Waals surface area contributed by atoms with Crippen LogP contribution >= 0.6 is 11.8 Å². The average Bonchev–Trinajstić information content (AvgIpc) is 2.72. The third-order valence-corrected chi connectivity index (χ3v) is 5.99. The van der Waals surface area contributed by atoms with Crippen molar-refractivity contribution in [2.24, 2.45) is 0 Å². The Hall–Kier alpha value is -3.12. The zero-order valence-electron chi connectivity index (χ0n) is 17.7. The number of thioether (sulfide) groups is 1. The van der Waals surface area contributed by atoms with Crippen molar-refractivity contribution in [3.8, 4) is 0 Å². The largest absolute Gasteiger partial charge is 0.325 e. The van der Waals surface area contributed by atoms with Gasteiger partial charge in [-0.3, -0.25) is 9.59 Å². The summed E-state index contributed by atoms with van der Waals surface area (Å²) < 4.78 is 13.1. The lowest BCUT2D eigenvalue weighted by molar-refractivity contribution is -0.115. The van der Waals surface area contributed by atoms with Crippen LogP contribution in [0.3, 0.4) is 0 Å². The summed E-state index contributed by atoms with van der Waals surface area (Å²) in [5.74, 6) is -0.764. The fraction of sp³-hybridized carbons (Fsp3) is 0.200. The van der Waals surface area contributed by atoms with Crippen molar-refractivity contribution < 1.29 is 14.0 Å². The van der Waals surface area contributed by atoms with E-state index >= 15 is 0 Å². The van der Waals surface area contributed by atoms with Gasteiger partial charge in [-0.2, -0.15) is 0 Å². The molecule has 0 aliphatic rings. The van der Waals surface area contributed by atoms with Crippen LogP contribution in [0.1, 0.15) is 34.8 Å². The van der Waals surface area contributed by atoms with Crippen LogP contribution in [0.15, 0.2) is 71.6 Å². The third-order valence-electron chi connectivity index (χ3n) is 4.63. The highest BCUT2D eigenvalue weighted by atomic mass is 32.2. The Bertz CT molecular complexity index is 1060. The summed E-state index contributed by atoms with van der Waals surface area (Å²) >= 11 is 1.45. The zero-order chi connectivity index (χ0) is 22.4. The summed E-state index contributed by atoms with van der Waals surface area (Å²) in [4.78, 5) is 26.1. The van der Waals surface area contributed by atoms with Crippen LogP contribution in [0, 0.1) is 19.7 Å². The highest BCUT2D eigenvalue weighted by molar-refractivity contribution is 8.00. The molecule has 0 saturated carbocycles.